The fraction of sp³-hybridized carbons (Fsp3) is 0.529. The molecule has 0 fully saturated rings. The molecule has 0 heterocycles. The van der Waals surface area contributed by atoms with Gasteiger partial charge in [0, 0.05) is 6.42 Å². The number of nitrogens with one attached hydrogen (secondary N) is 2. The molecule has 2 aromatic rings. The number of hydrogen-bond acceptors (Lipinski definition) is 7. The number of carbonyl (C=O) groups excluding carboxylic acids is 3. The van der Waals surface area contributed by atoms with Gasteiger partial charge in [0.15, 0.2) is 11.5 Å². The molecule has 0 aliphatic carbocycles. The molecule has 0 spiro atoms. The molecule has 0 aliphatic rings. The Kier molecular flexibility index (Phi) is 17.9. The molecule has 2 N–H and O–H groups in total. The van der Waals surface area contributed by atoms with Gasteiger partial charge in [0.05, 0.1) is 32.0 Å². The van der Waals surface area contributed by atoms with Crippen molar-refractivity contribution in [3.8, 4) is 17.2 Å². The number of ether oxygens (including phenoxy) is 3. The van der Waals surface area contributed by atoms with E-state index in [1.165, 1.54) is 64.7 Å². The summed E-state index contributed by atoms with van der Waals surface area (Å²) >= 11 is 0. The summed E-state index contributed by atoms with van der Waals surface area (Å²) in [7, 11) is 1.47. The number of rotatable bonds is 22. The Morgan fingerprint density at radius 2 is 1.42 bits per heavy atom. The zero-order chi connectivity index (χ0) is 31.1. The van der Waals surface area contributed by atoms with Crippen molar-refractivity contribution in [2.75, 3.05) is 20.3 Å². The zero-order valence-electron chi connectivity index (χ0n) is 26.1. The SMILES string of the molecule is CCCCCCCCCCCCCC(=O)NCC(=O)N/N=C/c1ccc(OC(=O)c2ccc(OCCC)cc2)c(OC)c1. The Morgan fingerprint density at radius 3 is 2.05 bits per heavy atom. The lowest BCUT2D eigenvalue weighted by atomic mass is 10.1. The van der Waals surface area contributed by atoms with Gasteiger partial charge >= 0.3 is 5.97 Å². The Morgan fingerprint density at radius 1 is 0.767 bits per heavy atom. The number of methoxy groups -OCH3 is 1. The second-order valence-corrected chi connectivity index (χ2v) is 10.5. The van der Waals surface area contributed by atoms with E-state index in [4.69, 9.17) is 14.2 Å². The summed E-state index contributed by atoms with van der Waals surface area (Å²) in [6.45, 7) is 4.73. The maximum absolute atomic E-state index is 12.6. The minimum atomic E-state index is -0.528. The lowest BCUT2D eigenvalue weighted by Crippen LogP contribution is -2.34. The van der Waals surface area contributed by atoms with E-state index in [-0.39, 0.29) is 18.2 Å². The number of unbranched alkanes of at least 4 members (excludes halogenated alkanes) is 10. The molecule has 0 saturated carbocycles. The molecule has 0 aliphatic heterocycles. The molecule has 0 bridgehead atoms. The minimum absolute atomic E-state index is 0.134. The summed E-state index contributed by atoms with van der Waals surface area (Å²) in [6, 6.07) is 11.6. The number of carbonyl (C=O) groups is 3. The number of hydrazone groups is 1. The Bertz CT molecular complexity index is 1130. The molecule has 2 rings (SSSR count). The fourth-order valence-electron chi connectivity index (χ4n) is 4.35. The number of benzene rings is 2. The highest BCUT2D eigenvalue weighted by Gasteiger charge is 2.13. The quantitative estimate of drug-likeness (QED) is 0.0499. The Hall–Kier alpha value is -3.88. The van der Waals surface area contributed by atoms with E-state index in [1.807, 2.05) is 6.92 Å². The molecule has 2 aromatic carbocycles. The van der Waals surface area contributed by atoms with Crippen molar-refractivity contribution >= 4 is 24.0 Å². The smallest absolute Gasteiger partial charge is 0.343 e. The van der Waals surface area contributed by atoms with Crippen molar-refractivity contribution in [2.24, 2.45) is 5.10 Å². The van der Waals surface area contributed by atoms with E-state index in [9.17, 15) is 14.4 Å². The highest BCUT2D eigenvalue weighted by molar-refractivity contribution is 5.92. The summed E-state index contributed by atoms with van der Waals surface area (Å²) in [5.74, 6) is 0.188. The zero-order valence-corrected chi connectivity index (χ0v) is 26.1. The molecular weight excluding hydrogens is 546 g/mol. The molecule has 43 heavy (non-hydrogen) atoms. The minimum Gasteiger partial charge on any atom is -0.494 e. The van der Waals surface area contributed by atoms with Crippen molar-refractivity contribution in [1.29, 1.82) is 0 Å². The van der Waals surface area contributed by atoms with Crippen LogP contribution < -0.4 is 25.0 Å². The number of esters is 1. The van der Waals surface area contributed by atoms with E-state index in [0.717, 1.165) is 25.7 Å². The van der Waals surface area contributed by atoms with Crippen molar-refractivity contribution in [2.45, 2.75) is 97.3 Å². The van der Waals surface area contributed by atoms with Gasteiger partial charge in [0.1, 0.15) is 5.75 Å². The molecule has 0 aromatic heterocycles. The van der Waals surface area contributed by atoms with Crippen LogP contribution in [0.25, 0.3) is 0 Å². The average Bonchev–Trinajstić information content (AvgIpc) is 3.02. The lowest BCUT2D eigenvalue weighted by molar-refractivity contribution is -0.126. The van der Waals surface area contributed by atoms with Crippen LogP contribution in [0.15, 0.2) is 47.6 Å². The monoisotopic (exact) mass is 595 g/mol. The van der Waals surface area contributed by atoms with E-state index in [2.05, 4.69) is 22.8 Å². The van der Waals surface area contributed by atoms with Gasteiger partial charge in [-0.15, -0.1) is 0 Å². The van der Waals surface area contributed by atoms with Crippen LogP contribution in [0, 0.1) is 0 Å². The van der Waals surface area contributed by atoms with Crippen molar-refractivity contribution < 1.29 is 28.6 Å². The number of nitrogens with zero attached hydrogens (tertiary/aromatic N) is 1. The summed E-state index contributed by atoms with van der Waals surface area (Å²) in [5, 5.41) is 6.58. The van der Waals surface area contributed by atoms with Crippen LogP contribution in [0.1, 0.15) is 113 Å². The normalized spacial score (nSPS) is 10.9. The second kappa shape index (κ2) is 21.8. The van der Waals surface area contributed by atoms with Gasteiger partial charge in [0.2, 0.25) is 5.91 Å². The van der Waals surface area contributed by atoms with Gasteiger partial charge in [-0.1, -0.05) is 78.1 Å². The first-order valence-electron chi connectivity index (χ1n) is 15.7. The van der Waals surface area contributed by atoms with Gasteiger partial charge in [-0.05, 0) is 60.9 Å². The topological polar surface area (TPSA) is 115 Å². The highest BCUT2D eigenvalue weighted by atomic mass is 16.6. The first-order chi connectivity index (χ1) is 21.0. The van der Waals surface area contributed by atoms with E-state index < -0.39 is 11.9 Å². The summed E-state index contributed by atoms with van der Waals surface area (Å²) in [5.41, 5.74) is 3.40. The average molecular weight is 596 g/mol. The number of hydrogen-bond donors (Lipinski definition) is 2. The van der Waals surface area contributed by atoms with Crippen LogP contribution in [0.2, 0.25) is 0 Å². The van der Waals surface area contributed by atoms with E-state index >= 15 is 0 Å². The number of amides is 2. The first-order valence-corrected chi connectivity index (χ1v) is 15.7. The predicted molar refractivity (Wildman–Crippen MR) is 170 cm³/mol. The lowest BCUT2D eigenvalue weighted by Gasteiger charge is -2.10. The Balaban J connectivity index is 1.65. The van der Waals surface area contributed by atoms with Crippen molar-refractivity contribution in [3.05, 3.63) is 53.6 Å². The molecule has 0 saturated heterocycles. The summed E-state index contributed by atoms with van der Waals surface area (Å²) < 4.78 is 16.4. The van der Waals surface area contributed by atoms with E-state index in [1.54, 1.807) is 42.5 Å². The van der Waals surface area contributed by atoms with Gasteiger partial charge < -0.3 is 19.5 Å². The molecule has 0 radical (unpaired) electrons. The van der Waals surface area contributed by atoms with Crippen molar-refractivity contribution in [1.82, 2.24) is 10.7 Å². The van der Waals surface area contributed by atoms with Crippen LogP contribution in [0.3, 0.4) is 0 Å². The standard InChI is InChI=1S/C34H49N3O6/c1-4-6-7-8-9-10-11-12-13-14-15-16-32(38)35-26-33(39)37-36-25-27-17-22-30(31(24-27)41-3)43-34(40)28-18-20-29(21-19-28)42-23-5-2/h17-22,24-25H,4-16,23,26H2,1-3H3,(H,35,38)(H,37,39)/b36-25+. The third-order valence-corrected chi connectivity index (χ3v) is 6.81. The third kappa shape index (κ3) is 15.2. The van der Waals surface area contributed by atoms with Gasteiger partial charge in [-0.3, -0.25) is 9.59 Å². The Labute approximate surface area is 256 Å². The second-order valence-electron chi connectivity index (χ2n) is 10.5. The maximum Gasteiger partial charge on any atom is 0.343 e. The van der Waals surface area contributed by atoms with Crippen molar-refractivity contribution in [3.63, 3.8) is 0 Å². The largest absolute Gasteiger partial charge is 0.494 e. The van der Waals surface area contributed by atoms with E-state index in [0.29, 0.717) is 35.7 Å². The van der Waals surface area contributed by atoms with Crippen LogP contribution in [0.5, 0.6) is 17.2 Å². The molecule has 9 nitrogen and oxygen atoms in total. The van der Waals surface area contributed by atoms with Crippen LogP contribution in [-0.4, -0.2) is 44.3 Å². The highest BCUT2D eigenvalue weighted by Crippen LogP contribution is 2.28. The fourth-order valence-corrected chi connectivity index (χ4v) is 4.35. The predicted octanol–water partition coefficient (Wildman–Crippen LogP) is 6.97. The molecule has 9 heteroatoms. The van der Waals surface area contributed by atoms with Gasteiger partial charge in [-0.25, -0.2) is 10.2 Å². The van der Waals surface area contributed by atoms with Gasteiger partial charge in [-0.2, -0.15) is 5.10 Å². The maximum atomic E-state index is 12.6. The first kappa shape index (κ1) is 35.3. The molecule has 2 amide bonds. The summed E-state index contributed by atoms with van der Waals surface area (Å²) in [6.07, 6.45) is 16.2. The molecular formula is C34H49N3O6. The van der Waals surface area contributed by atoms with Crippen LogP contribution in [-0.2, 0) is 9.59 Å². The van der Waals surface area contributed by atoms with Crippen LogP contribution >= 0.6 is 0 Å². The molecule has 0 unspecified atom stereocenters. The van der Waals surface area contributed by atoms with Gasteiger partial charge in [0.25, 0.3) is 5.91 Å². The van der Waals surface area contributed by atoms with Crippen LogP contribution in [0.4, 0.5) is 0 Å². The third-order valence-electron chi connectivity index (χ3n) is 6.81. The summed E-state index contributed by atoms with van der Waals surface area (Å²) in [4.78, 5) is 36.7. The molecule has 0 atom stereocenters. The molecule has 236 valence electrons.